The number of piperidine rings is 4. The molecule has 8 heteroatoms. The van der Waals surface area contributed by atoms with Gasteiger partial charge in [0, 0.05) is 32.1 Å². The summed E-state index contributed by atoms with van der Waals surface area (Å²) in [4.78, 5) is 29.4. The fourth-order valence-electron chi connectivity index (χ4n) is 5.56. The van der Waals surface area contributed by atoms with E-state index in [-0.39, 0.29) is 5.91 Å². The lowest BCUT2D eigenvalue weighted by Crippen LogP contribution is -2.61. The summed E-state index contributed by atoms with van der Waals surface area (Å²) in [6, 6.07) is 0.659. The van der Waals surface area contributed by atoms with Crippen molar-refractivity contribution < 1.29 is 9.59 Å². The van der Waals surface area contributed by atoms with E-state index < -0.39 is 0 Å². The Morgan fingerprint density at radius 1 is 1.15 bits per heavy atom. The van der Waals surface area contributed by atoms with Crippen LogP contribution in [0, 0.1) is 11.8 Å². The van der Waals surface area contributed by atoms with Crippen LogP contribution in [0.4, 0.5) is 0 Å². The largest absolute Gasteiger partial charge is 0.339 e. The number of aromatic nitrogens is 3. The number of fused-ring (bicyclic) bond motifs is 4. The average Bonchev–Trinajstić information content (AvgIpc) is 3.19. The van der Waals surface area contributed by atoms with Crippen LogP contribution in [0.3, 0.4) is 0 Å². The van der Waals surface area contributed by atoms with Crippen LogP contribution in [0.2, 0.25) is 0 Å². The summed E-state index contributed by atoms with van der Waals surface area (Å²) >= 11 is 0. The van der Waals surface area contributed by atoms with Crippen LogP contribution < -0.4 is 5.32 Å². The van der Waals surface area contributed by atoms with Gasteiger partial charge in [-0.1, -0.05) is 5.21 Å². The second-order valence-corrected chi connectivity index (χ2v) is 8.64. The van der Waals surface area contributed by atoms with E-state index in [1.54, 1.807) is 0 Å². The minimum absolute atomic E-state index is 0.000436. The number of likely N-dealkylation sites (tertiary alicyclic amines) is 1. The third-order valence-electron chi connectivity index (χ3n) is 6.88. The number of amides is 2. The number of carbonyl (C=O) groups excluding carboxylic acids is 2. The number of hydrogen-bond acceptors (Lipinski definition) is 5. The van der Waals surface area contributed by atoms with Crippen molar-refractivity contribution in [2.45, 2.75) is 50.6 Å². The molecule has 0 aliphatic carbocycles. The van der Waals surface area contributed by atoms with E-state index in [0.717, 1.165) is 64.8 Å². The number of hydrogen-bond donors (Lipinski definition) is 1. The molecule has 4 saturated heterocycles. The van der Waals surface area contributed by atoms with Crippen LogP contribution in [-0.4, -0.2) is 75.4 Å². The Balaban J connectivity index is 1.29. The molecular formula is C19H28N6O2. The average molecular weight is 372 g/mol. The molecule has 0 unspecified atom stereocenters. The molecule has 2 amide bonds. The van der Waals surface area contributed by atoms with Gasteiger partial charge in [0.15, 0.2) is 5.69 Å². The zero-order chi connectivity index (χ0) is 18.4. The summed E-state index contributed by atoms with van der Waals surface area (Å²) in [5.41, 5.74) is 0.463. The van der Waals surface area contributed by atoms with E-state index in [9.17, 15) is 9.59 Å². The van der Waals surface area contributed by atoms with Gasteiger partial charge in [-0.05, 0) is 57.0 Å². The molecule has 3 atom stereocenters. The summed E-state index contributed by atoms with van der Waals surface area (Å²) in [6.45, 7) is 4.25. The van der Waals surface area contributed by atoms with E-state index in [1.807, 2.05) is 15.8 Å². The van der Waals surface area contributed by atoms with Gasteiger partial charge in [0.05, 0.1) is 12.2 Å². The van der Waals surface area contributed by atoms with Gasteiger partial charge in [-0.25, -0.2) is 4.68 Å². The van der Waals surface area contributed by atoms with Crippen LogP contribution in [0.1, 0.15) is 55.1 Å². The van der Waals surface area contributed by atoms with Crippen LogP contribution in [0.5, 0.6) is 0 Å². The first-order chi connectivity index (χ1) is 13.2. The fraction of sp³-hybridized carbons (Fsp3) is 0.789. The molecule has 27 heavy (non-hydrogen) atoms. The molecule has 2 bridgehead atoms. The third-order valence-corrected chi connectivity index (χ3v) is 6.88. The Morgan fingerprint density at radius 3 is 2.85 bits per heavy atom. The van der Waals surface area contributed by atoms with Gasteiger partial charge in [-0.2, -0.15) is 0 Å². The van der Waals surface area contributed by atoms with Crippen molar-refractivity contribution in [3.8, 4) is 0 Å². The van der Waals surface area contributed by atoms with Crippen LogP contribution in [0.15, 0.2) is 6.20 Å². The second-order valence-electron chi connectivity index (χ2n) is 8.64. The van der Waals surface area contributed by atoms with Crippen molar-refractivity contribution in [3.63, 3.8) is 0 Å². The van der Waals surface area contributed by atoms with Crippen molar-refractivity contribution in [2.24, 2.45) is 11.8 Å². The van der Waals surface area contributed by atoms with Crippen LogP contribution >= 0.6 is 0 Å². The number of nitrogens with one attached hydrogen (secondary N) is 1. The summed E-state index contributed by atoms with van der Waals surface area (Å²) < 4.78 is 1.88. The van der Waals surface area contributed by atoms with E-state index in [4.69, 9.17) is 0 Å². The van der Waals surface area contributed by atoms with E-state index in [0.29, 0.717) is 41.9 Å². The van der Waals surface area contributed by atoms with Crippen molar-refractivity contribution in [2.75, 3.05) is 32.7 Å². The molecule has 0 spiro atoms. The lowest BCUT2D eigenvalue weighted by atomic mass is 9.76. The predicted octanol–water partition coefficient (Wildman–Crippen LogP) is 0.676. The van der Waals surface area contributed by atoms with Gasteiger partial charge in [0.25, 0.3) is 5.91 Å². The zero-order valence-corrected chi connectivity index (χ0v) is 15.7. The number of rotatable bonds is 2. The van der Waals surface area contributed by atoms with E-state index in [2.05, 4.69) is 20.5 Å². The summed E-state index contributed by atoms with van der Waals surface area (Å²) in [5, 5.41) is 11.8. The Kier molecular flexibility index (Phi) is 4.38. The van der Waals surface area contributed by atoms with Crippen molar-refractivity contribution >= 4 is 11.8 Å². The zero-order valence-electron chi connectivity index (χ0n) is 15.7. The minimum atomic E-state index is 0.000436. The monoisotopic (exact) mass is 372 g/mol. The first-order valence-electron chi connectivity index (χ1n) is 10.4. The van der Waals surface area contributed by atoms with Gasteiger partial charge in [0.2, 0.25) is 5.91 Å². The van der Waals surface area contributed by atoms with Gasteiger partial charge < -0.3 is 15.1 Å². The maximum absolute atomic E-state index is 13.1. The maximum Gasteiger partial charge on any atom is 0.276 e. The quantitative estimate of drug-likeness (QED) is 0.825. The molecule has 8 nitrogen and oxygen atoms in total. The highest BCUT2D eigenvalue weighted by Crippen LogP contribution is 2.38. The second kappa shape index (κ2) is 6.89. The molecule has 0 saturated carbocycles. The highest BCUT2D eigenvalue weighted by molar-refractivity contribution is 5.92. The first-order valence-corrected chi connectivity index (χ1v) is 10.4. The molecule has 0 radical (unpaired) electrons. The Labute approximate surface area is 159 Å². The maximum atomic E-state index is 13.1. The summed E-state index contributed by atoms with van der Waals surface area (Å²) in [7, 11) is 0. The van der Waals surface area contributed by atoms with Crippen LogP contribution in [0.25, 0.3) is 0 Å². The molecule has 146 valence electrons. The smallest absolute Gasteiger partial charge is 0.276 e. The molecule has 4 aliphatic heterocycles. The van der Waals surface area contributed by atoms with E-state index >= 15 is 0 Å². The normalized spacial score (nSPS) is 31.7. The molecule has 0 aromatic carbocycles. The van der Waals surface area contributed by atoms with E-state index in [1.165, 1.54) is 0 Å². The number of nitrogens with zero attached hydrogens (tertiary/aromatic N) is 5. The molecule has 1 aromatic heterocycles. The standard InChI is InChI=1S/C19H28N6O2/c26-18-3-1-2-17-14-8-13(10-24(17)18)9-23(11-14)19(27)16-12-25(22-21-16)15-4-6-20-7-5-15/h12-15,17,20H,1-11H2/t13-,14+,17-/m0/s1. The Hall–Kier alpha value is -1.96. The SMILES string of the molecule is O=C(c1cn(C2CCNCC2)nn1)N1C[C@@H]2C[C@H](C1)[C@@H]1CCCC(=O)N1C2. The molecule has 5 rings (SSSR count). The topological polar surface area (TPSA) is 83.4 Å². The Bertz CT molecular complexity index is 728. The van der Waals surface area contributed by atoms with Gasteiger partial charge in [-0.15, -0.1) is 5.10 Å². The number of carbonyl (C=O) groups is 2. The highest BCUT2D eigenvalue weighted by atomic mass is 16.2. The molecule has 1 N–H and O–H groups in total. The van der Waals surface area contributed by atoms with Crippen molar-refractivity contribution in [1.82, 2.24) is 30.1 Å². The molecule has 5 heterocycles. The first kappa shape index (κ1) is 17.2. The lowest BCUT2D eigenvalue weighted by molar-refractivity contribution is -0.144. The van der Waals surface area contributed by atoms with Gasteiger partial charge in [-0.3, -0.25) is 9.59 Å². The molecular weight excluding hydrogens is 344 g/mol. The lowest BCUT2D eigenvalue weighted by Gasteiger charge is -2.52. The molecule has 1 aromatic rings. The summed E-state index contributed by atoms with van der Waals surface area (Å²) in [5.74, 6) is 1.11. The Morgan fingerprint density at radius 2 is 2.00 bits per heavy atom. The van der Waals surface area contributed by atoms with Crippen LogP contribution in [-0.2, 0) is 4.79 Å². The minimum Gasteiger partial charge on any atom is -0.339 e. The van der Waals surface area contributed by atoms with Crippen molar-refractivity contribution in [1.29, 1.82) is 0 Å². The predicted molar refractivity (Wildman–Crippen MR) is 98.0 cm³/mol. The fourth-order valence-corrected chi connectivity index (χ4v) is 5.56. The van der Waals surface area contributed by atoms with Gasteiger partial charge >= 0.3 is 0 Å². The molecule has 4 fully saturated rings. The summed E-state index contributed by atoms with van der Waals surface area (Å²) in [6.07, 6.45) is 7.78. The highest BCUT2D eigenvalue weighted by Gasteiger charge is 2.45. The van der Waals surface area contributed by atoms with Gasteiger partial charge in [0.1, 0.15) is 0 Å². The molecule has 4 aliphatic rings. The van der Waals surface area contributed by atoms with Crippen molar-refractivity contribution in [3.05, 3.63) is 11.9 Å². The third kappa shape index (κ3) is 3.13.